The molecule has 0 aliphatic carbocycles. The Bertz CT molecular complexity index is 1650. The van der Waals surface area contributed by atoms with E-state index in [0.29, 0.717) is 23.9 Å². The summed E-state index contributed by atoms with van der Waals surface area (Å²) in [6.07, 6.45) is 90.4. The third-order valence-corrected chi connectivity index (χ3v) is 19.6. The van der Waals surface area contributed by atoms with Gasteiger partial charge in [0.15, 0.2) is 0 Å². The maximum atomic E-state index is 13.7. The quantitative estimate of drug-likeness (QED) is 0.0205. The first-order valence-corrected chi connectivity index (χ1v) is 41.8. The van der Waals surface area contributed by atoms with Gasteiger partial charge in [-0.05, 0) is 63.9 Å². The number of amides is 1. The highest BCUT2D eigenvalue weighted by molar-refractivity contribution is 7.47. The molecule has 0 aromatic rings. The Labute approximate surface area is 567 Å². The largest absolute Gasteiger partial charge is 0.472 e. The van der Waals surface area contributed by atoms with E-state index in [0.717, 1.165) is 64.2 Å². The number of nitrogens with one attached hydrogen (secondary N) is 1. The van der Waals surface area contributed by atoms with Gasteiger partial charge in [0, 0.05) is 12.8 Å². The monoisotopic (exact) mass is 1300 g/mol. The minimum atomic E-state index is -4.46. The maximum absolute atomic E-state index is 13.7. The van der Waals surface area contributed by atoms with Gasteiger partial charge in [-0.2, -0.15) is 0 Å². The molecule has 0 heterocycles. The number of unbranched alkanes of at least 4 members (excludes halogenated alkanes) is 55. The Morgan fingerprint density at radius 1 is 0.385 bits per heavy atom. The van der Waals surface area contributed by atoms with E-state index in [4.69, 9.17) is 13.8 Å². The second-order valence-electron chi connectivity index (χ2n) is 29.0. The second kappa shape index (κ2) is 71.0. The van der Waals surface area contributed by atoms with E-state index in [1.165, 1.54) is 321 Å². The van der Waals surface area contributed by atoms with Gasteiger partial charge in [-0.15, -0.1) is 0 Å². The van der Waals surface area contributed by atoms with Crippen molar-refractivity contribution < 1.29 is 37.3 Å². The summed E-state index contributed by atoms with van der Waals surface area (Å²) >= 11 is 0. The molecule has 0 rings (SSSR count). The Hall–Kier alpha value is -1.77. The third kappa shape index (κ3) is 72.3. The van der Waals surface area contributed by atoms with Gasteiger partial charge in [0.25, 0.3) is 0 Å². The number of hydrogen-bond donors (Lipinski definition) is 2. The molecule has 0 saturated carbocycles. The lowest BCUT2D eigenvalue weighted by Crippen LogP contribution is -2.47. The number of carbonyl (C=O) groups excluding carboxylic acids is 2. The van der Waals surface area contributed by atoms with Crippen molar-refractivity contribution in [3.05, 3.63) is 36.5 Å². The molecule has 0 spiro atoms. The molecular formula is C81H158N2O7P+. The molecule has 0 aromatic carbocycles. The molecule has 0 aliphatic rings. The topological polar surface area (TPSA) is 111 Å². The Kier molecular flexibility index (Phi) is 69.6. The van der Waals surface area contributed by atoms with Crippen molar-refractivity contribution in [2.45, 2.75) is 431 Å². The maximum Gasteiger partial charge on any atom is 0.472 e. The van der Waals surface area contributed by atoms with Crippen LogP contribution in [0.4, 0.5) is 0 Å². The first-order chi connectivity index (χ1) is 44.4. The lowest BCUT2D eigenvalue weighted by atomic mass is 10.0. The minimum Gasteiger partial charge on any atom is -0.456 e. The summed E-state index contributed by atoms with van der Waals surface area (Å²) in [7, 11) is 1.52. The van der Waals surface area contributed by atoms with Crippen LogP contribution in [0.3, 0.4) is 0 Å². The molecule has 10 heteroatoms. The van der Waals surface area contributed by atoms with Crippen LogP contribution in [0.5, 0.6) is 0 Å². The number of carbonyl (C=O) groups is 2. The summed E-state index contributed by atoms with van der Waals surface area (Å²) in [6, 6.07) is -0.845. The number of phosphoric ester groups is 1. The zero-order chi connectivity index (χ0) is 66.3. The van der Waals surface area contributed by atoms with E-state index in [9.17, 15) is 19.0 Å². The summed E-state index contributed by atoms with van der Waals surface area (Å²) in [5.74, 6) is -0.477. The molecule has 0 radical (unpaired) electrons. The zero-order valence-electron chi connectivity index (χ0n) is 61.9. The number of hydrogen-bond acceptors (Lipinski definition) is 6. The molecule has 9 nitrogen and oxygen atoms in total. The summed E-state index contributed by atoms with van der Waals surface area (Å²) < 4.78 is 31.0. The first kappa shape index (κ1) is 89.2. The third-order valence-electron chi connectivity index (χ3n) is 18.6. The zero-order valence-corrected chi connectivity index (χ0v) is 62.8. The molecule has 0 saturated heterocycles. The number of allylic oxidation sites excluding steroid dienone is 5. The van der Waals surface area contributed by atoms with E-state index < -0.39 is 20.0 Å². The molecular weight excluding hydrogens is 1140 g/mol. The fourth-order valence-corrected chi connectivity index (χ4v) is 13.1. The van der Waals surface area contributed by atoms with Gasteiger partial charge in [0.05, 0.1) is 33.8 Å². The lowest BCUT2D eigenvalue weighted by molar-refractivity contribution is -0.870. The number of phosphoric acid groups is 1. The van der Waals surface area contributed by atoms with Crippen LogP contribution in [0, 0.1) is 0 Å². The molecule has 1 amide bonds. The van der Waals surface area contributed by atoms with Crippen LogP contribution in [0.1, 0.15) is 419 Å². The van der Waals surface area contributed by atoms with Gasteiger partial charge in [0.1, 0.15) is 19.3 Å². The lowest BCUT2D eigenvalue weighted by Gasteiger charge is -2.27. The van der Waals surface area contributed by atoms with Crippen molar-refractivity contribution in [2.24, 2.45) is 0 Å². The van der Waals surface area contributed by atoms with E-state index in [1.807, 2.05) is 27.2 Å². The van der Waals surface area contributed by atoms with Gasteiger partial charge in [-0.3, -0.25) is 18.6 Å². The summed E-state index contributed by atoms with van der Waals surface area (Å²) in [5.41, 5.74) is 0. The first-order valence-electron chi connectivity index (χ1n) is 40.3. The Balaban J connectivity index is 4.91. The summed E-state index contributed by atoms with van der Waals surface area (Å²) in [6.45, 7) is 7.08. The summed E-state index contributed by atoms with van der Waals surface area (Å²) in [4.78, 5) is 38.1. The normalized spacial score (nSPS) is 13.5. The van der Waals surface area contributed by atoms with Crippen LogP contribution < -0.4 is 5.32 Å². The Morgan fingerprint density at radius 3 is 1.01 bits per heavy atom. The standard InChI is InChI=1S/C81H157N2O7P/c1-7-10-13-16-19-22-25-28-30-32-34-36-38-40-41-43-44-46-48-50-52-55-58-61-64-67-70-73-80(84)82-78(77-89-91(86,87)88-76-75-83(4,5)6)79(72-69-66-63-60-57-54-27-24-21-18-15-12-9-3)90-81(85)74-71-68-65-62-59-56-53-51-49-47-45-42-39-37-35-33-31-29-26-23-20-17-14-11-8-2/h19,22,28,30,69,72,78-79H,7-18,20-21,23-27,29,31-68,70-71,73-77H2,1-6H3,(H-,82,84,86,87)/p+1/b22-19-,30-28-,72-69+. The second-order valence-corrected chi connectivity index (χ2v) is 30.4. The van der Waals surface area contributed by atoms with Gasteiger partial charge >= 0.3 is 13.8 Å². The van der Waals surface area contributed by atoms with Crippen molar-refractivity contribution in [3.63, 3.8) is 0 Å². The molecule has 2 N–H and O–H groups in total. The van der Waals surface area contributed by atoms with Crippen molar-refractivity contribution >= 4 is 19.7 Å². The highest BCUT2D eigenvalue weighted by Gasteiger charge is 2.30. The van der Waals surface area contributed by atoms with Crippen molar-refractivity contribution in [1.82, 2.24) is 5.32 Å². The summed E-state index contributed by atoms with van der Waals surface area (Å²) in [5, 5.41) is 3.09. The fourth-order valence-electron chi connectivity index (χ4n) is 12.4. The number of nitrogens with zero attached hydrogens (tertiary/aromatic N) is 1. The highest BCUT2D eigenvalue weighted by atomic mass is 31.2. The predicted molar refractivity (Wildman–Crippen MR) is 397 cm³/mol. The van der Waals surface area contributed by atoms with Crippen LogP contribution >= 0.6 is 7.82 Å². The van der Waals surface area contributed by atoms with Crippen LogP contribution in [0.2, 0.25) is 0 Å². The van der Waals surface area contributed by atoms with Crippen molar-refractivity contribution in [2.75, 3.05) is 40.9 Å². The number of likely N-dealkylation sites (N-methyl/N-ethyl adjacent to an activating group) is 1. The molecule has 0 fully saturated rings. The fraction of sp³-hybridized carbons (Fsp3) is 0.901. The number of quaternary nitrogens is 1. The molecule has 0 aromatic heterocycles. The smallest absolute Gasteiger partial charge is 0.456 e. The predicted octanol–water partition coefficient (Wildman–Crippen LogP) is 26.1. The molecule has 538 valence electrons. The molecule has 0 aliphatic heterocycles. The van der Waals surface area contributed by atoms with E-state index in [1.54, 1.807) is 0 Å². The average molecular weight is 1300 g/mol. The van der Waals surface area contributed by atoms with Crippen LogP contribution in [0.15, 0.2) is 36.5 Å². The molecule has 91 heavy (non-hydrogen) atoms. The minimum absolute atomic E-state index is 0.0442. The number of rotatable bonds is 75. The van der Waals surface area contributed by atoms with Crippen molar-refractivity contribution in [3.8, 4) is 0 Å². The van der Waals surface area contributed by atoms with Gasteiger partial charge in [-0.1, -0.05) is 379 Å². The molecule has 3 unspecified atom stereocenters. The van der Waals surface area contributed by atoms with Gasteiger partial charge < -0.3 is 19.4 Å². The van der Waals surface area contributed by atoms with Crippen LogP contribution in [-0.4, -0.2) is 74.3 Å². The van der Waals surface area contributed by atoms with Gasteiger partial charge in [0.2, 0.25) is 5.91 Å². The molecule has 0 bridgehead atoms. The van der Waals surface area contributed by atoms with Crippen LogP contribution in [0.25, 0.3) is 0 Å². The molecule has 3 atom stereocenters. The SMILES string of the molecule is CCCCC/C=C\C/C=C\CCCCCCCCCCCCCCCCCCCC(=O)NC(COP(=O)(O)OCC[N+](C)(C)C)C(/C=C/CCCCCCCCCCCCC)OC(=O)CCCCCCCCCCCCCCCCCCCCCCCCCCC. The van der Waals surface area contributed by atoms with E-state index in [-0.39, 0.29) is 25.1 Å². The number of ether oxygens (including phenoxy) is 1. The van der Waals surface area contributed by atoms with Gasteiger partial charge in [-0.25, -0.2) is 4.57 Å². The van der Waals surface area contributed by atoms with Crippen molar-refractivity contribution in [1.29, 1.82) is 0 Å². The highest BCUT2D eigenvalue weighted by Crippen LogP contribution is 2.43. The van der Waals surface area contributed by atoms with Crippen LogP contribution in [-0.2, 0) is 27.9 Å². The Morgan fingerprint density at radius 2 is 0.670 bits per heavy atom. The number of esters is 1. The average Bonchev–Trinajstić information content (AvgIpc) is 3.45. The van der Waals surface area contributed by atoms with E-state index in [2.05, 4.69) is 56.5 Å². The van der Waals surface area contributed by atoms with E-state index >= 15 is 0 Å².